The first-order valence-corrected chi connectivity index (χ1v) is 9.17. The fourth-order valence-corrected chi connectivity index (χ4v) is 3.59. The average molecular weight is 408 g/mol. The number of esters is 1. The highest BCUT2D eigenvalue weighted by atomic mass is 35.5. The van der Waals surface area contributed by atoms with E-state index in [2.05, 4.69) is 15.5 Å². The van der Waals surface area contributed by atoms with Crippen LogP contribution >= 0.6 is 23.2 Å². The lowest BCUT2D eigenvalue weighted by atomic mass is 9.80. The maximum atomic E-state index is 12.9. The van der Waals surface area contributed by atoms with Crippen LogP contribution in [0.15, 0.2) is 46.0 Å². The van der Waals surface area contributed by atoms with Crippen molar-refractivity contribution >= 4 is 34.7 Å². The van der Waals surface area contributed by atoms with Crippen molar-refractivity contribution in [3.8, 4) is 0 Å². The predicted octanol–water partition coefficient (Wildman–Crippen LogP) is 4.72. The van der Waals surface area contributed by atoms with Gasteiger partial charge in [-0.2, -0.15) is 4.98 Å². The van der Waals surface area contributed by atoms with Gasteiger partial charge in [-0.15, -0.1) is 0 Å². The van der Waals surface area contributed by atoms with Gasteiger partial charge in [-0.3, -0.25) is 0 Å². The Hall–Kier alpha value is -2.31. The first-order chi connectivity index (χ1) is 12.8. The summed E-state index contributed by atoms with van der Waals surface area (Å²) in [5.74, 6) is -0.715. The molecule has 0 fully saturated rings. The predicted molar refractivity (Wildman–Crippen MR) is 103 cm³/mol. The van der Waals surface area contributed by atoms with E-state index in [1.54, 1.807) is 26.0 Å². The molecular formula is C19H19Cl2N3O3. The van der Waals surface area contributed by atoms with Gasteiger partial charge < -0.3 is 14.6 Å². The molecule has 2 aromatic rings. The zero-order chi connectivity index (χ0) is 19.7. The Morgan fingerprint density at radius 1 is 1.26 bits per heavy atom. The van der Waals surface area contributed by atoms with E-state index in [1.807, 2.05) is 19.9 Å². The van der Waals surface area contributed by atoms with Crippen LogP contribution in [0, 0.1) is 0 Å². The third kappa shape index (κ3) is 3.73. The number of dihydropyridines is 1. The summed E-state index contributed by atoms with van der Waals surface area (Å²) in [6.07, 6.45) is 1.04. The molecule has 1 aliphatic heterocycles. The zero-order valence-corrected chi connectivity index (χ0v) is 16.9. The van der Waals surface area contributed by atoms with Gasteiger partial charge in [0.1, 0.15) is 0 Å². The molecule has 0 spiro atoms. The molecule has 3 rings (SSSR count). The highest BCUT2D eigenvalue weighted by Gasteiger charge is 2.38. The summed E-state index contributed by atoms with van der Waals surface area (Å²) in [7, 11) is 0. The third-order valence-electron chi connectivity index (χ3n) is 4.21. The molecule has 0 aliphatic carbocycles. The second kappa shape index (κ2) is 7.74. The summed E-state index contributed by atoms with van der Waals surface area (Å²) in [4.78, 5) is 17.1. The fourth-order valence-electron chi connectivity index (χ4n) is 3.17. The van der Waals surface area contributed by atoms with Gasteiger partial charge in [-0.05, 0) is 39.3 Å². The quantitative estimate of drug-likeness (QED) is 0.738. The second-order valence-electron chi connectivity index (χ2n) is 6.48. The van der Waals surface area contributed by atoms with Crippen molar-refractivity contribution in [1.29, 1.82) is 0 Å². The van der Waals surface area contributed by atoms with Gasteiger partial charge in [0.15, 0.2) is 6.33 Å². The number of halogens is 2. The van der Waals surface area contributed by atoms with Crippen LogP contribution in [0.4, 0.5) is 0 Å². The third-order valence-corrected chi connectivity index (χ3v) is 5.04. The van der Waals surface area contributed by atoms with E-state index < -0.39 is 11.9 Å². The molecule has 6 nitrogen and oxygen atoms in total. The summed E-state index contributed by atoms with van der Waals surface area (Å²) in [5, 5.41) is 7.66. The van der Waals surface area contributed by atoms with E-state index in [0.29, 0.717) is 38.3 Å². The lowest BCUT2D eigenvalue weighted by Crippen LogP contribution is -2.29. The molecule has 1 atom stereocenters. The molecule has 0 amide bonds. The maximum absolute atomic E-state index is 12.9. The van der Waals surface area contributed by atoms with Crippen LogP contribution in [-0.4, -0.2) is 22.2 Å². The first-order valence-electron chi connectivity index (χ1n) is 8.41. The molecule has 2 heterocycles. The number of carbonyl (C=O) groups excluding carboxylic acids is 1. The molecule has 0 bridgehead atoms. The normalized spacial score (nSPS) is 17.4. The molecule has 1 aromatic heterocycles. The number of nitrogens with one attached hydrogen (secondary N) is 1. The Balaban J connectivity index is 2.24. The minimum Gasteiger partial charge on any atom is -0.460 e. The Labute approximate surface area is 167 Å². The van der Waals surface area contributed by atoms with Crippen LogP contribution in [-0.2, 0) is 9.53 Å². The molecular weight excluding hydrogens is 389 g/mol. The van der Waals surface area contributed by atoms with Crippen LogP contribution < -0.4 is 5.32 Å². The first kappa shape index (κ1) is 19.5. The standard InChI is InChI=1S/C19H19Cl2N3O3/c1-9(2)26-19(25)15-11(4)24-10(3)14(18-22-8-23-27-18)16(15)12-6-5-7-13(20)17(12)21/h5-9,16,24H,1-4H3/t16-/m0/s1. The number of hydrogen-bond acceptors (Lipinski definition) is 6. The van der Waals surface area contributed by atoms with Gasteiger partial charge in [0.05, 0.1) is 27.6 Å². The largest absolute Gasteiger partial charge is 0.460 e. The summed E-state index contributed by atoms with van der Waals surface area (Å²) >= 11 is 12.8. The molecule has 1 N–H and O–H groups in total. The van der Waals surface area contributed by atoms with E-state index >= 15 is 0 Å². The number of ether oxygens (including phenoxy) is 1. The van der Waals surface area contributed by atoms with E-state index in [4.69, 9.17) is 32.5 Å². The van der Waals surface area contributed by atoms with Gasteiger partial charge in [-0.25, -0.2) is 4.79 Å². The van der Waals surface area contributed by atoms with Gasteiger partial charge >= 0.3 is 5.97 Å². The number of nitrogens with zero attached hydrogens (tertiary/aromatic N) is 2. The smallest absolute Gasteiger partial charge is 0.337 e. The van der Waals surface area contributed by atoms with E-state index in [0.717, 1.165) is 5.70 Å². The zero-order valence-electron chi connectivity index (χ0n) is 15.3. The highest BCUT2D eigenvalue weighted by Crippen LogP contribution is 2.46. The number of aromatic nitrogens is 2. The summed E-state index contributed by atoms with van der Waals surface area (Å²) in [6.45, 7) is 7.28. The van der Waals surface area contributed by atoms with Crippen molar-refractivity contribution in [2.45, 2.75) is 39.7 Å². The number of carbonyl (C=O) groups is 1. The van der Waals surface area contributed by atoms with Crippen LogP contribution in [0.25, 0.3) is 5.57 Å². The minimum absolute atomic E-state index is 0.271. The van der Waals surface area contributed by atoms with Crippen LogP contribution in [0.5, 0.6) is 0 Å². The minimum atomic E-state index is -0.566. The Morgan fingerprint density at radius 3 is 2.63 bits per heavy atom. The van der Waals surface area contributed by atoms with Crippen molar-refractivity contribution in [3.05, 3.63) is 63.0 Å². The van der Waals surface area contributed by atoms with E-state index in [-0.39, 0.29) is 6.10 Å². The number of allylic oxidation sites excluding steroid dienone is 3. The number of hydrogen-bond donors (Lipinski definition) is 1. The van der Waals surface area contributed by atoms with Crippen molar-refractivity contribution in [2.24, 2.45) is 0 Å². The molecule has 0 radical (unpaired) electrons. The molecule has 0 saturated heterocycles. The molecule has 8 heteroatoms. The highest BCUT2D eigenvalue weighted by molar-refractivity contribution is 6.42. The summed E-state index contributed by atoms with van der Waals surface area (Å²) < 4.78 is 10.8. The van der Waals surface area contributed by atoms with E-state index in [1.165, 1.54) is 6.33 Å². The van der Waals surface area contributed by atoms with Gasteiger partial charge in [-0.1, -0.05) is 40.5 Å². The lowest BCUT2D eigenvalue weighted by molar-refractivity contribution is -0.142. The summed E-state index contributed by atoms with van der Waals surface area (Å²) in [5.41, 5.74) is 3.18. The molecule has 0 saturated carbocycles. The maximum Gasteiger partial charge on any atom is 0.337 e. The fraction of sp³-hybridized carbons (Fsp3) is 0.316. The SMILES string of the molecule is CC1=C(C(=O)OC(C)C)[C@@H](c2cccc(Cl)c2Cl)C(c2ncno2)=C(C)N1. The van der Waals surface area contributed by atoms with Gasteiger partial charge in [0, 0.05) is 17.0 Å². The second-order valence-corrected chi connectivity index (χ2v) is 7.26. The average Bonchev–Trinajstić information content (AvgIpc) is 3.10. The van der Waals surface area contributed by atoms with Crippen LogP contribution in [0.3, 0.4) is 0 Å². The van der Waals surface area contributed by atoms with Gasteiger partial charge in [0.25, 0.3) is 5.89 Å². The summed E-state index contributed by atoms with van der Waals surface area (Å²) in [6, 6.07) is 5.30. The molecule has 0 unspecified atom stereocenters. The molecule has 1 aliphatic rings. The van der Waals surface area contributed by atoms with Gasteiger partial charge in [0.2, 0.25) is 0 Å². The molecule has 142 valence electrons. The monoisotopic (exact) mass is 407 g/mol. The Morgan fingerprint density at radius 2 is 2.00 bits per heavy atom. The van der Waals surface area contributed by atoms with Crippen LogP contribution in [0.2, 0.25) is 10.0 Å². The molecule has 1 aromatic carbocycles. The van der Waals surface area contributed by atoms with Crippen LogP contribution in [0.1, 0.15) is 45.1 Å². The lowest BCUT2D eigenvalue weighted by Gasteiger charge is -2.31. The Kier molecular flexibility index (Phi) is 5.58. The van der Waals surface area contributed by atoms with Crippen molar-refractivity contribution in [3.63, 3.8) is 0 Å². The van der Waals surface area contributed by atoms with Crippen molar-refractivity contribution in [1.82, 2.24) is 15.5 Å². The number of benzene rings is 1. The van der Waals surface area contributed by atoms with E-state index in [9.17, 15) is 4.79 Å². The topological polar surface area (TPSA) is 77.2 Å². The number of rotatable bonds is 4. The van der Waals surface area contributed by atoms with Crippen molar-refractivity contribution in [2.75, 3.05) is 0 Å². The molecule has 27 heavy (non-hydrogen) atoms. The van der Waals surface area contributed by atoms with Crippen molar-refractivity contribution < 1.29 is 14.1 Å². The Bertz CT molecular complexity index is 934.